The van der Waals surface area contributed by atoms with Crippen molar-refractivity contribution in [2.75, 3.05) is 11.9 Å². The van der Waals surface area contributed by atoms with Gasteiger partial charge in [0.25, 0.3) is 5.91 Å². The Labute approximate surface area is 123 Å². The molecule has 0 aliphatic carbocycles. The van der Waals surface area contributed by atoms with Gasteiger partial charge in [0.2, 0.25) is 6.10 Å². The number of likely N-dealkylation sites (N-methyl/N-ethyl adjacent to an activating group) is 1. The fourth-order valence-corrected chi connectivity index (χ4v) is 2.40. The number of carbonyl (C=O) groups excluding carboxylic acids is 1. The minimum Gasteiger partial charge on any atom is -0.472 e. The Morgan fingerprint density at radius 1 is 1.40 bits per heavy atom. The molecule has 1 amide bonds. The van der Waals surface area contributed by atoms with E-state index in [1.54, 1.807) is 31.4 Å². The van der Waals surface area contributed by atoms with Crippen LogP contribution in [0, 0.1) is 5.82 Å². The van der Waals surface area contributed by atoms with Crippen molar-refractivity contribution in [3.63, 3.8) is 0 Å². The van der Waals surface area contributed by atoms with E-state index in [9.17, 15) is 9.18 Å². The zero-order valence-corrected chi connectivity index (χ0v) is 12.1. The maximum absolute atomic E-state index is 13.3. The van der Waals surface area contributed by atoms with Gasteiger partial charge < -0.3 is 4.74 Å². The fraction of sp³-hybridized carbons (Fsp3) is 0.143. The molecule has 0 fully saturated rings. The van der Waals surface area contributed by atoms with Crippen LogP contribution < -0.4 is 9.64 Å². The number of hydrogen-bond donors (Lipinski definition) is 0. The molecule has 1 atom stereocenters. The van der Waals surface area contributed by atoms with Gasteiger partial charge in [-0.3, -0.25) is 9.69 Å². The van der Waals surface area contributed by atoms with E-state index < -0.39 is 11.9 Å². The summed E-state index contributed by atoms with van der Waals surface area (Å²) in [5.74, 6) is 0.249. The third kappa shape index (κ3) is 2.16. The van der Waals surface area contributed by atoms with Crippen molar-refractivity contribution in [3.05, 3.63) is 52.4 Å². The molecule has 0 saturated heterocycles. The molecule has 1 unspecified atom stereocenters. The highest BCUT2D eigenvalue weighted by atomic mass is 79.9. The number of carbonyl (C=O) groups is 1. The topological polar surface area (TPSA) is 42.4 Å². The Bertz CT molecular complexity index is 693. The van der Waals surface area contributed by atoms with Gasteiger partial charge in [0.05, 0.1) is 0 Å². The van der Waals surface area contributed by atoms with Crippen LogP contribution in [0.2, 0.25) is 0 Å². The molecule has 20 heavy (non-hydrogen) atoms. The van der Waals surface area contributed by atoms with Gasteiger partial charge >= 0.3 is 0 Å². The highest BCUT2D eigenvalue weighted by Gasteiger charge is 2.34. The maximum Gasteiger partial charge on any atom is 0.273 e. The van der Waals surface area contributed by atoms with Gasteiger partial charge in [-0.05, 0) is 34.1 Å². The number of hydrogen-bond acceptors (Lipinski definition) is 3. The molecule has 6 heteroatoms. The Hall–Kier alpha value is -1.95. The van der Waals surface area contributed by atoms with E-state index in [0.717, 1.165) is 4.47 Å². The number of nitrogens with zero attached hydrogens (tertiary/aromatic N) is 2. The van der Waals surface area contributed by atoms with Gasteiger partial charge in [0.1, 0.15) is 5.82 Å². The largest absolute Gasteiger partial charge is 0.472 e. The minimum absolute atomic E-state index is 0.280. The third-order valence-corrected chi connectivity index (χ3v) is 3.50. The molecule has 0 bridgehead atoms. The number of pyridine rings is 1. The number of ether oxygens (including phenoxy) is 1. The second-order valence-corrected chi connectivity index (χ2v) is 5.34. The van der Waals surface area contributed by atoms with Crippen LogP contribution in [0.4, 0.5) is 10.2 Å². The highest BCUT2D eigenvalue weighted by Crippen LogP contribution is 2.37. The van der Waals surface area contributed by atoms with Crippen LogP contribution in [0.3, 0.4) is 0 Å². The van der Waals surface area contributed by atoms with E-state index in [0.29, 0.717) is 17.1 Å². The smallest absolute Gasteiger partial charge is 0.273 e. The number of amides is 1. The molecule has 2 heterocycles. The molecule has 0 radical (unpaired) electrons. The van der Waals surface area contributed by atoms with E-state index in [4.69, 9.17) is 4.74 Å². The van der Waals surface area contributed by atoms with E-state index in [1.807, 2.05) is 0 Å². The number of rotatable bonds is 1. The van der Waals surface area contributed by atoms with E-state index in [2.05, 4.69) is 20.9 Å². The molecular formula is C14H10BrFN2O2. The zero-order chi connectivity index (χ0) is 14.3. The van der Waals surface area contributed by atoms with E-state index >= 15 is 0 Å². The molecule has 1 aromatic heterocycles. The number of anilines is 1. The highest BCUT2D eigenvalue weighted by molar-refractivity contribution is 9.10. The summed E-state index contributed by atoms with van der Waals surface area (Å²) in [6, 6.07) is 7.57. The third-order valence-electron chi connectivity index (χ3n) is 3.07. The van der Waals surface area contributed by atoms with Gasteiger partial charge in [-0.25, -0.2) is 9.37 Å². The first-order valence-corrected chi connectivity index (χ1v) is 6.71. The molecular weight excluding hydrogens is 327 g/mol. The molecule has 0 N–H and O–H groups in total. The number of halogens is 2. The average molecular weight is 337 g/mol. The van der Waals surface area contributed by atoms with Gasteiger partial charge in [-0.2, -0.15) is 0 Å². The van der Waals surface area contributed by atoms with Gasteiger partial charge in [0.15, 0.2) is 11.6 Å². The van der Waals surface area contributed by atoms with Gasteiger partial charge in [0, 0.05) is 23.3 Å². The monoisotopic (exact) mass is 336 g/mol. The second kappa shape index (κ2) is 4.86. The molecule has 2 aromatic rings. The van der Waals surface area contributed by atoms with Crippen molar-refractivity contribution >= 4 is 27.7 Å². The van der Waals surface area contributed by atoms with Crippen LogP contribution in [0.15, 0.2) is 41.0 Å². The summed E-state index contributed by atoms with van der Waals surface area (Å²) in [7, 11) is 1.62. The quantitative estimate of drug-likeness (QED) is 0.803. The summed E-state index contributed by atoms with van der Waals surface area (Å²) in [5, 5.41) is 0. The first-order valence-electron chi connectivity index (χ1n) is 5.91. The lowest BCUT2D eigenvalue weighted by atomic mass is 10.1. The first-order chi connectivity index (χ1) is 9.56. The molecule has 0 spiro atoms. The van der Waals surface area contributed by atoms with Crippen molar-refractivity contribution in [2.45, 2.75) is 6.10 Å². The molecule has 102 valence electrons. The summed E-state index contributed by atoms with van der Waals surface area (Å²) >= 11 is 3.31. The standard InChI is InChI=1S/C14H10BrFN2O2/c1-18-13-11(6-9(15)7-17-13)20-12(14(18)19)8-3-2-4-10(16)5-8/h2-7,12H,1H3. The summed E-state index contributed by atoms with van der Waals surface area (Å²) in [6.45, 7) is 0. The van der Waals surface area contributed by atoms with E-state index in [-0.39, 0.29) is 5.91 Å². The first kappa shape index (κ1) is 13.1. The number of benzene rings is 1. The molecule has 3 rings (SSSR count). The summed E-state index contributed by atoms with van der Waals surface area (Å²) in [5.41, 5.74) is 0.479. The predicted molar refractivity (Wildman–Crippen MR) is 75.1 cm³/mol. The van der Waals surface area contributed by atoms with Crippen LogP contribution in [0.5, 0.6) is 5.75 Å². The average Bonchev–Trinajstić information content (AvgIpc) is 2.42. The number of aromatic nitrogens is 1. The van der Waals surface area contributed by atoms with Crippen molar-refractivity contribution in [3.8, 4) is 5.75 Å². The van der Waals surface area contributed by atoms with Crippen molar-refractivity contribution < 1.29 is 13.9 Å². The molecule has 1 aliphatic heterocycles. The summed E-state index contributed by atoms with van der Waals surface area (Å²) in [6.07, 6.45) is 0.730. The Morgan fingerprint density at radius 3 is 2.95 bits per heavy atom. The molecule has 0 saturated carbocycles. The lowest BCUT2D eigenvalue weighted by Gasteiger charge is -2.31. The van der Waals surface area contributed by atoms with E-state index in [1.165, 1.54) is 17.0 Å². The fourth-order valence-electron chi connectivity index (χ4n) is 2.09. The molecule has 4 nitrogen and oxygen atoms in total. The Morgan fingerprint density at radius 2 is 2.20 bits per heavy atom. The van der Waals surface area contributed by atoms with Crippen LogP contribution in [-0.4, -0.2) is 17.9 Å². The summed E-state index contributed by atoms with van der Waals surface area (Å²) < 4.78 is 19.7. The van der Waals surface area contributed by atoms with Crippen molar-refractivity contribution in [1.29, 1.82) is 0 Å². The number of fused-ring (bicyclic) bond motifs is 1. The maximum atomic E-state index is 13.3. The Balaban J connectivity index is 2.05. The lowest BCUT2D eigenvalue weighted by Crippen LogP contribution is -2.39. The zero-order valence-electron chi connectivity index (χ0n) is 10.5. The normalized spacial score (nSPS) is 17.6. The second-order valence-electron chi connectivity index (χ2n) is 4.43. The minimum atomic E-state index is -0.862. The van der Waals surface area contributed by atoms with Crippen LogP contribution >= 0.6 is 15.9 Å². The molecule has 1 aromatic carbocycles. The van der Waals surface area contributed by atoms with Crippen LogP contribution in [0.1, 0.15) is 11.7 Å². The van der Waals surface area contributed by atoms with Gasteiger partial charge in [-0.1, -0.05) is 12.1 Å². The van der Waals surface area contributed by atoms with Crippen molar-refractivity contribution in [2.24, 2.45) is 0 Å². The Kier molecular flexibility index (Phi) is 3.17. The van der Waals surface area contributed by atoms with Crippen LogP contribution in [0.25, 0.3) is 0 Å². The SMILES string of the molecule is CN1C(=O)C(c2cccc(F)c2)Oc2cc(Br)cnc21. The summed E-state index contributed by atoms with van der Waals surface area (Å²) in [4.78, 5) is 17.9. The van der Waals surface area contributed by atoms with Gasteiger partial charge in [-0.15, -0.1) is 0 Å². The van der Waals surface area contributed by atoms with Crippen molar-refractivity contribution in [1.82, 2.24) is 4.98 Å². The predicted octanol–water partition coefficient (Wildman–Crippen LogP) is 3.08. The van der Waals surface area contributed by atoms with Crippen LogP contribution in [-0.2, 0) is 4.79 Å². The lowest BCUT2D eigenvalue weighted by molar-refractivity contribution is -0.126. The molecule has 1 aliphatic rings.